The van der Waals surface area contributed by atoms with Crippen molar-refractivity contribution in [2.75, 3.05) is 0 Å². The zero-order valence-electron chi connectivity index (χ0n) is 17.3. The van der Waals surface area contributed by atoms with Crippen LogP contribution in [-0.2, 0) is 0 Å². The molecule has 0 aliphatic heterocycles. The topological polar surface area (TPSA) is 32.6 Å². The molecule has 1 aliphatic carbocycles. The van der Waals surface area contributed by atoms with Gasteiger partial charge in [-0.3, -0.25) is 4.99 Å². The van der Waals surface area contributed by atoms with Crippen molar-refractivity contribution in [3.63, 3.8) is 0 Å². The van der Waals surface area contributed by atoms with Crippen LogP contribution in [0.4, 0.5) is 0 Å². The molecule has 0 spiro atoms. The number of nitrogens with zero attached hydrogens (tertiary/aromatic N) is 1. The van der Waals surface area contributed by atoms with E-state index in [2.05, 4.69) is 38.1 Å². The lowest BCUT2D eigenvalue weighted by atomic mass is 9.78. The van der Waals surface area contributed by atoms with E-state index in [1.54, 1.807) is 0 Å². The first kappa shape index (κ1) is 19.4. The van der Waals surface area contributed by atoms with Crippen molar-refractivity contribution in [1.82, 2.24) is 0 Å². The molecule has 148 valence electrons. The van der Waals surface area contributed by atoms with Crippen molar-refractivity contribution in [2.45, 2.75) is 39.2 Å². The maximum atomic E-state index is 11.1. The lowest BCUT2D eigenvalue weighted by Crippen LogP contribution is -2.27. The van der Waals surface area contributed by atoms with Gasteiger partial charge in [0.25, 0.3) is 0 Å². The normalized spacial score (nSPS) is 22.1. The number of hydrogen-bond acceptors (Lipinski definition) is 2. The van der Waals surface area contributed by atoms with Gasteiger partial charge in [0.05, 0.1) is 6.04 Å². The quantitative estimate of drug-likeness (QED) is 0.485. The molecular formula is C27H29NO. The second-order valence-electron chi connectivity index (χ2n) is 8.31. The van der Waals surface area contributed by atoms with Gasteiger partial charge in [-0.25, -0.2) is 0 Å². The molecule has 0 aromatic heterocycles. The van der Waals surface area contributed by atoms with Crippen molar-refractivity contribution >= 4 is 6.21 Å². The number of hydrogen-bond donors (Lipinski definition) is 1. The molecular weight excluding hydrogens is 354 g/mol. The van der Waals surface area contributed by atoms with Crippen LogP contribution < -0.4 is 0 Å². The molecule has 4 rings (SSSR count). The molecule has 1 saturated carbocycles. The van der Waals surface area contributed by atoms with E-state index in [4.69, 9.17) is 4.99 Å². The van der Waals surface area contributed by atoms with Crippen LogP contribution in [0.5, 0.6) is 5.75 Å². The van der Waals surface area contributed by atoms with Crippen molar-refractivity contribution < 1.29 is 5.11 Å². The third kappa shape index (κ3) is 4.27. The second kappa shape index (κ2) is 8.65. The summed E-state index contributed by atoms with van der Waals surface area (Å²) < 4.78 is 0. The van der Waals surface area contributed by atoms with Crippen LogP contribution in [0.1, 0.15) is 38.7 Å². The van der Waals surface area contributed by atoms with Gasteiger partial charge in [-0.1, -0.05) is 87.4 Å². The molecule has 0 heterocycles. The van der Waals surface area contributed by atoms with E-state index < -0.39 is 0 Å². The second-order valence-corrected chi connectivity index (χ2v) is 8.31. The summed E-state index contributed by atoms with van der Waals surface area (Å²) in [6.07, 6.45) is 5.55. The molecule has 0 bridgehead atoms. The van der Waals surface area contributed by atoms with Crippen LogP contribution in [0.15, 0.2) is 77.8 Å². The summed E-state index contributed by atoms with van der Waals surface area (Å²) in [6, 6.07) is 24.9. The molecule has 2 heteroatoms. The number of phenols is 1. The highest BCUT2D eigenvalue weighted by Gasteiger charge is 2.26. The van der Waals surface area contributed by atoms with Crippen LogP contribution in [0, 0.1) is 11.8 Å². The van der Waals surface area contributed by atoms with Crippen molar-refractivity contribution in [1.29, 1.82) is 0 Å². The third-order valence-corrected chi connectivity index (χ3v) is 6.40. The Hall–Kier alpha value is -2.87. The lowest BCUT2D eigenvalue weighted by molar-refractivity contribution is 0.242. The summed E-state index contributed by atoms with van der Waals surface area (Å²) in [5.74, 6) is 1.58. The minimum atomic E-state index is 0.302. The van der Waals surface area contributed by atoms with Crippen molar-refractivity contribution in [3.8, 4) is 28.0 Å². The van der Waals surface area contributed by atoms with E-state index in [0.29, 0.717) is 23.6 Å². The van der Waals surface area contributed by atoms with Gasteiger partial charge in [0, 0.05) is 17.3 Å². The number of benzene rings is 3. The van der Waals surface area contributed by atoms with Crippen molar-refractivity contribution in [2.24, 2.45) is 16.8 Å². The van der Waals surface area contributed by atoms with E-state index in [1.165, 1.54) is 12.8 Å². The molecule has 0 amide bonds. The van der Waals surface area contributed by atoms with E-state index in [1.807, 2.05) is 54.7 Å². The summed E-state index contributed by atoms with van der Waals surface area (Å²) in [7, 11) is 0. The average Bonchev–Trinajstić information content (AvgIpc) is 2.77. The van der Waals surface area contributed by atoms with Gasteiger partial charge in [0.1, 0.15) is 5.75 Å². The Labute approximate surface area is 174 Å². The Morgan fingerprint density at radius 3 is 2.17 bits per heavy atom. The fourth-order valence-electron chi connectivity index (χ4n) is 4.33. The molecule has 3 aromatic carbocycles. The van der Waals surface area contributed by atoms with Gasteiger partial charge in [0.2, 0.25) is 0 Å². The van der Waals surface area contributed by atoms with Crippen LogP contribution >= 0.6 is 0 Å². The highest BCUT2D eigenvalue weighted by molar-refractivity contribution is 5.92. The van der Waals surface area contributed by atoms with Crippen LogP contribution in [0.3, 0.4) is 0 Å². The van der Waals surface area contributed by atoms with E-state index in [0.717, 1.165) is 34.2 Å². The van der Waals surface area contributed by atoms with Gasteiger partial charge in [0.15, 0.2) is 0 Å². The Kier molecular flexibility index (Phi) is 5.80. The first-order chi connectivity index (χ1) is 14.1. The number of rotatable bonds is 4. The van der Waals surface area contributed by atoms with Crippen LogP contribution in [0.2, 0.25) is 0 Å². The monoisotopic (exact) mass is 383 g/mol. The van der Waals surface area contributed by atoms with E-state index in [-0.39, 0.29) is 0 Å². The standard InChI is InChI=1S/C27H29NO/c1-19-10-9-15-26(20(19)2)28-18-24-16-23(21-11-5-3-6-12-21)17-25(27(24)29)22-13-7-4-8-14-22/h3-8,11-14,16-20,26,29H,9-10,15H2,1-2H3. The Bertz CT molecular complexity index is 978. The summed E-state index contributed by atoms with van der Waals surface area (Å²) in [5.41, 5.74) is 4.87. The summed E-state index contributed by atoms with van der Waals surface area (Å²) in [5, 5.41) is 11.1. The maximum Gasteiger partial charge on any atom is 0.132 e. The van der Waals surface area contributed by atoms with E-state index in [9.17, 15) is 5.11 Å². The van der Waals surface area contributed by atoms with Crippen molar-refractivity contribution in [3.05, 3.63) is 78.4 Å². The zero-order chi connectivity index (χ0) is 20.2. The van der Waals surface area contributed by atoms with Gasteiger partial charge < -0.3 is 5.11 Å². The molecule has 0 saturated heterocycles. The molecule has 2 nitrogen and oxygen atoms in total. The van der Waals surface area contributed by atoms with Gasteiger partial charge in [-0.05, 0) is 47.1 Å². The lowest BCUT2D eigenvalue weighted by Gasteiger charge is -2.31. The maximum absolute atomic E-state index is 11.1. The highest BCUT2D eigenvalue weighted by atomic mass is 16.3. The number of phenolic OH excluding ortho intramolecular Hbond substituents is 1. The molecule has 3 aromatic rings. The Morgan fingerprint density at radius 1 is 0.828 bits per heavy atom. The predicted octanol–water partition coefficient (Wildman–Crippen LogP) is 6.97. The molecule has 29 heavy (non-hydrogen) atoms. The van der Waals surface area contributed by atoms with Gasteiger partial charge in [-0.15, -0.1) is 0 Å². The summed E-state index contributed by atoms with van der Waals surface area (Å²) >= 11 is 0. The molecule has 1 fully saturated rings. The van der Waals surface area contributed by atoms with Gasteiger partial charge in [-0.2, -0.15) is 0 Å². The number of aromatic hydroxyl groups is 1. The highest BCUT2D eigenvalue weighted by Crippen LogP contribution is 2.37. The fraction of sp³-hybridized carbons (Fsp3) is 0.296. The summed E-state index contributed by atoms with van der Waals surface area (Å²) in [6.45, 7) is 4.63. The van der Waals surface area contributed by atoms with Crippen LogP contribution in [0.25, 0.3) is 22.3 Å². The third-order valence-electron chi connectivity index (χ3n) is 6.40. The predicted molar refractivity (Wildman–Crippen MR) is 123 cm³/mol. The smallest absolute Gasteiger partial charge is 0.132 e. The first-order valence-corrected chi connectivity index (χ1v) is 10.6. The summed E-state index contributed by atoms with van der Waals surface area (Å²) in [4.78, 5) is 4.93. The van der Waals surface area contributed by atoms with Crippen LogP contribution in [-0.4, -0.2) is 17.4 Å². The average molecular weight is 384 g/mol. The minimum absolute atomic E-state index is 0.302. The Balaban J connectivity index is 1.77. The van der Waals surface area contributed by atoms with E-state index >= 15 is 0 Å². The molecule has 1 N–H and O–H groups in total. The van der Waals surface area contributed by atoms with Gasteiger partial charge >= 0.3 is 0 Å². The number of aliphatic imine (C=N–C) groups is 1. The first-order valence-electron chi connectivity index (χ1n) is 10.6. The molecule has 1 aliphatic rings. The SMILES string of the molecule is CC1CCCC(N=Cc2cc(-c3ccccc3)cc(-c3ccccc3)c2O)C1C. The largest absolute Gasteiger partial charge is 0.507 e. The fourth-order valence-corrected chi connectivity index (χ4v) is 4.33. The minimum Gasteiger partial charge on any atom is -0.507 e. The molecule has 3 unspecified atom stereocenters. The molecule has 3 atom stereocenters. The molecule has 0 radical (unpaired) electrons. The Morgan fingerprint density at radius 2 is 1.48 bits per heavy atom. The zero-order valence-corrected chi connectivity index (χ0v) is 17.3.